The number of ether oxygens (including phenoxy) is 3. The van der Waals surface area contributed by atoms with Crippen LogP contribution in [0, 0.1) is 11.8 Å². The Morgan fingerprint density at radius 2 is 1.75 bits per heavy atom. The molecule has 6 heteroatoms. The second-order valence-corrected chi connectivity index (χ2v) is 8.77. The molecule has 1 aromatic rings. The summed E-state index contributed by atoms with van der Waals surface area (Å²) in [6, 6.07) is 9.56. The predicted octanol–water partition coefficient (Wildman–Crippen LogP) is 5.11. The van der Waals surface area contributed by atoms with Gasteiger partial charge in [-0.1, -0.05) is 43.2 Å². The number of carbonyl (C=O) groups is 2. The van der Waals surface area contributed by atoms with Crippen molar-refractivity contribution in [1.82, 2.24) is 4.90 Å². The summed E-state index contributed by atoms with van der Waals surface area (Å²) in [5.74, 6) is 0.913. The first-order valence-electron chi connectivity index (χ1n) is 10.2. The zero-order chi connectivity index (χ0) is 20.1. The average molecular weight is 389 g/mol. The first-order valence-corrected chi connectivity index (χ1v) is 10.2. The Balaban J connectivity index is 1.66. The molecule has 2 aliphatic rings. The molecule has 3 atom stereocenters. The highest BCUT2D eigenvalue weighted by Crippen LogP contribution is 2.39. The van der Waals surface area contributed by atoms with E-state index in [1.807, 2.05) is 30.3 Å². The van der Waals surface area contributed by atoms with E-state index in [2.05, 4.69) is 0 Å². The minimum Gasteiger partial charge on any atom is -0.444 e. The molecule has 1 saturated carbocycles. The van der Waals surface area contributed by atoms with Crippen molar-refractivity contribution in [2.24, 2.45) is 11.8 Å². The fraction of sp³-hybridized carbons (Fsp3) is 0.636. The SMILES string of the molecule is CC(C)(C)OC(=O)OC1CC2CCCCC2CN1C(=O)OCc1ccccc1. The van der Waals surface area contributed by atoms with E-state index in [9.17, 15) is 9.59 Å². The Morgan fingerprint density at radius 1 is 1.07 bits per heavy atom. The van der Waals surface area contributed by atoms with Gasteiger partial charge in [-0.05, 0) is 51.0 Å². The van der Waals surface area contributed by atoms with Crippen molar-refractivity contribution in [2.45, 2.75) is 71.3 Å². The topological polar surface area (TPSA) is 65.1 Å². The van der Waals surface area contributed by atoms with Crippen LogP contribution in [0.3, 0.4) is 0 Å². The van der Waals surface area contributed by atoms with Crippen molar-refractivity contribution in [3.63, 3.8) is 0 Å². The molecule has 6 nitrogen and oxygen atoms in total. The highest BCUT2D eigenvalue weighted by molar-refractivity contribution is 5.69. The molecule has 2 fully saturated rings. The van der Waals surface area contributed by atoms with Crippen LogP contribution in [0.1, 0.15) is 58.4 Å². The van der Waals surface area contributed by atoms with Gasteiger partial charge in [0.25, 0.3) is 0 Å². The maximum absolute atomic E-state index is 12.8. The summed E-state index contributed by atoms with van der Waals surface area (Å²) in [5.41, 5.74) is 0.283. The lowest BCUT2D eigenvalue weighted by atomic mass is 9.74. The lowest BCUT2D eigenvalue weighted by molar-refractivity contribution is -0.104. The Labute approximate surface area is 167 Å². The van der Waals surface area contributed by atoms with E-state index in [-0.39, 0.29) is 6.61 Å². The van der Waals surface area contributed by atoms with E-state index >= 15 is 0 Å². The van der Waals surface area contributed by atoms with Crippen molar-refractivity contribution >= 4 is 12.2 Å². The maximum Gasteiger partial charge on any atom is 0.510 e. The molecule has 0 bridgehead atoms. The third kappa shape index (κ3) is 5.63. The molecule has 0 spiro atoms. The van der Waals surface area contributed by atoms with Crippen LogP contribution in [0.5, 0.6) is 0 Å². The predicted molar refractivity (Wildman–Crippen MR) is 105 cm³/mol. The number of piperidine rings is 1. The van der Waals surface area contributed by atoms with Crippen LogP contribution in [0.4, 0.5) is 9.59 Å². The third-order valence-electron chi connectivity index (χ3n) is 5.41. The van der Waals surface area contributed by atoms with E-state index < -0.39 is 24.1 Å². The number of hydrogen-bond donors (Lipinski definition) is 0. The molecule has 154 valence electrons. The van der Waals surface area contributed by atoms with E-state index in [1.54, 1.807) is 25.7 Å². The number of rotatable bonds is 3. The summed E-state index contributed by atoms with van der Waals surface area (Å²) < 4.78 is 16.4. The summed E-state index contributed by atoms with van der Waals surface area (Å²) >= 11 is 0. The van der Waals surface area contributed by atoms with Crippen molar-refractivity contribution in [1.29, 1.82) is 0 Å². The Hall–Kier alpha value is -2.24. The Morgan fingerprint density at radius 3 is 2.43 bits per heavy atom. The molecule has 1 aliphatic carbocycles. The van der Waals surface area contributed by atoms with Crippen LogP contribution < -0.4 is 0 Å². The average Bonchev–Trinajstić information content (AvgIpc) is 2.65. The minimum absolute atomic E-state index is 0.198. The molecule has 1 aromatic carbocycles. The van der Waals surface area contributed by atoms with Gasteiger partial charge in [-0.15, -0.1) is 0 Å². The summed E-state index contributed by atoms with van der Waals surface area (Å²) in [7, 11) is 0. The molecular weight excluding hydrogens is 358 g/mol. The number of hydrogen-bond acceptors (Lipinski definition) is 5. The van der Waals surface area contributed by atoms with Crippen LogP contribution in [-0.2, 0) is 20.8 Å². The van der Waals surface area contributed by atoms with Crippen LogP contribution in [0.15, 0.2) is 30.3 Å². The molecule has 1 aliphatic heterocycles. The van der Waals surface area contributed by atoms with E-state index in [1.165, 1.54) is 12.8 Å². The number of nitrogens with zero attached hydrogens (tertiary/aromatic N) is 1. The smallest absolute Gasteiger partial charge is 0.444 e. The Bertz CT molecular complexity index is 669. The van der Waals surface area contributed by atoms with Crippen molar-refractivity contribution in [3.05, 3.63) is 35.9 Å². The fourth-order valence-corrected chi connectivity index (χ4v) is 4.08. The van der Waals surface area contributed by atoms with Crippen molar-refractivity contribution < 1.29 is 23.8 Å². The lowest BCUT2D eigenvalue weighted by Crippen LogP contribution is -2.53. The number of likely N-dealkylation sites (tertiary alicyclic amines) is 1. The van der Waals surface area contributed by atoms with Crippen molar-refractivity contribution in [3.8, 4) is 0 Å². The second kappa shape index (κ2) is 8.84. The molecule has 1 heterocycles. The standard InChI is InChI=1S/C22H31NO5/c1-22(2,3)28-21(25)27-19-13-17-11-7-8-12-18(17)14-23(19)20(24)26-15-16-9-5-4-6-10-16/h4-6,9-10,17-19H,7-8,11-15H2,1-3H3. The quantitative estimate of drug-likeness (QED) is 0.672. The van der Waals surface area contributed by atoms with E-state index in [0.717, 1.165) is 18.4 Å². The van der Waals surface area contributed by atoms with Gasteiger partial charge in [0, 0.05) is 13.0 Å². The number of carbonyl (C=O) groups excluding carboxylic acids is 2. The van der Waals surface area contributed by atoms with Gasteiger partial charge in [-0.3, -0.25) is 4.90 Å². The third-order valence-corrected chi connectivity index (χ3v) is 5.41. The van der Waals surface area contributed by atoms with E-state index in [0.29, 0.717) is 24.8 Å². The molecule has 28 heavy (non-hydrogen) atoms. The zero-order valence-corrected chi connectivity index (χ0v) is 17.1. The highest BCUT2D eigenvalue weighted by Gasteiger charge is 2.42. The fourth-order valence-electron chi connectivity index (χ4n) is 4.08. The molecule has 0 N–H and O–H groups in total. The van der Waals surface area contributed by atoms with Gasteiger partial charge in [0.05, 0.1) is 0 Å². The van der Waals surface area contributed by atoms with Gasteiger partial charge in [0.2, 0.25) is 0 Å². The zero-order valence-electron chi connectivity index (χ0n) is 17.1. The lowest BCUT2D eigenvalue weighted by Gasteiger charge is -2.44. The van der Waals surface area contributed by atoms with Crippen molar-refractivity contribution in [2.75, 3.05) is 6.54 Å². The molecule has 1 amide bonds. The molecule has 3 rings (SSSR count). The van der Waals surface area contributed by atoms with Gasteiger partial charge in [-0.25, -0.2) is 9.59 Å². The van der Waals surface area contributed by atoms with Gasteiger partial charge in [0.15, 0.2) is 6.23 Å². The van der Waals surface area contributed by atoms with Crippen LogP contribution in [-0.4, -0.2) is 35.5 Å². The van der Waals surface area contributed by atoms with Crippen LogP contribution >= 0.6 is 0 Å². The molecule has 0 radical (unpaired) electrons. The summed E-state index contributed by atoms with van der Waals surface area (Å²) in [6.07, 6.45) is 3.42. The minimum atomic E-state index is -0.743. The first kappa shape index (κ1) is 20.5. The second-order valence-electron chi connectivity index (χ2n) is 8.77. The van der Waals surface area contributed by atoms with E-state index in [4.69, 9.17) is 14.2 Å². The number of benzene rings is 1. The van der Waals surface area contributed by atoms with Gasteiger partial charge in [-0.2, -0.15) is 0 Å². The van der Waals surface area contributed by atoms with Gasteiger partial charge < -0.3 is 14.2 Å². The maximum atomic E-state index is 12.8. The van der Waals surface area contributed by atoms with Crippen LogP contribution in [0.2, 0.25) is 0 Å². The van der Waals surface area contributed by atoms with Crippen LogP contribution in [0.25, 0.3) is 0 Å². The normalized spacial score (nSPS) is 24.8. The highest BCUT2D eigenvalue weighted by atomic mass is 16.7. The van der Waals surface area contributed by atoms with Gasteiger partial charge in [0.1, 0.15) is 12.2 Å². The molecule has 0 aromatic heterocycles. The molecular formula is C22H31NO5. The molecule has 3 unspecified atom stereocenters. The monoisotopic (exact) mass is 389 g/mol. The first-order chi connectivity index (χ1) is 13.3. The number of fused-ring (bicyclic) bond motifs is 1. The largest absolute Gasteiger partial charge is 0.510 e. The molecule has 1 saturated heterocycles. The Kier molecular flexibility index (Phi) is 6.47. The van der Waals surface area contributed by atoms with Gasteiger partial charge >= 0.3 is 12.2 Å². The summed E-state index contributed by atoms with van der Waals surface area (Å²) in [5, 5.41) is 0. The summed E-state index contributed by atoms with van der Waals surface area (Å²) in [6.45, 7) is 6.13. The number of amides is 1. The summed E-state index contributed by atoms with van der Waals surface area (Å²) in [4.78, 5) is 26.6.